The molecule has 2 aromatic rings. The molecule has 0 radical (unpaired) electrons. The molecule has 2 nitrogen and oxygen atoms in total. The molecule has 1 heterocycles. The summed E-state index contributed by atoms with van der Waals surface area (Å²) in [6.45, 7) is 5.67. The number of hydrogen-bond acceptors (Lipinski definition) is 1. The molecule has 0 fully saturated rings. The molecule has 2 heteroatoms. The summed E-state index contributed by atoms with van der Waals surface area (Å²) in [4.78, 5) is 3.37. The predicted molar refractivity (Wildman–Crippen MR) is 83.6 cm³/mol. The van der Waals surface area contributed by atoms with E-state index in [4.69, 9.17) is 0 Å². The van der Waals surface area contributed by atoms with E-state index in [1.54, 1.807) is 0 Å². The van der Waals surface area contributed by atoms with Crippen molar-refractivity contribution in [1.82, 2.24) is 10.3 Å². The summed E-state index contributed by atoms with van der Waals surface area (Å²) < 4.78 is 0. The fraction of sp³-hybridized carbons (Fsp3) is 0.529. The van der Waals surface area contributed by atoms with Gasteiger partial charge in [-0.3, -0.25) is 0 Å². The molecular weight excluding hydrogens is 232 g/mol. The third-order valence-corrected chi connectivity index (χ3v) is 3.85. The summed E-state index contributed by atoms with van der Waals surface area (Å²) in [6, 6.07) is 9.16. The second kappa shape index (κ2) is 7.34. The maximum atomic E-state index is 3.69. The molecule has 0 bridgehead atoms. The van der Waals surface area contributed by atoms with Gasteiger partial charge in [0.05, 0.1) is 0 Å². The lowest BCUT2D eigenvalue weighted by Gasteiger charge is -2.16. The number of unbranched alkanes of at least 4 members (excludes halogenated alkanes) is 2. The molecule has 0 spiro atoms. The van der Waals surface area contributed by atoms with Gasteiger partial charge in [0.15, 0.2) is 0 Å². The zero-order valence-electron chi connectivity index (χ0n) is 12.2. The van der Waals surface area contributed by atoms with Crippen molar-refractivity contribution in [3.63, 3.8) is 0 Å². The first-order valence-electron chi connectivity index (χ1n) is 7.63. The molecular formula is C17H26N2. The minimum absolute atomic E-state index is 0.594. The van der Waals surface area contributed by atoms with Crippen LogP contribution in [0.4, 0.5) is 0 Å². The predicted octanol–water partition coefficient (Wildman–Crippen LogP) is 4.27. The van der Waals surface area contributed by atoms with Crippen LogP contribution < -0.4 is 5.32 Å². The summed E-state index contributed by atoms with van der Waals surface area (Å²) in [5.74, 6) is 0. The average Bonchev–Trinajstić information content (AvgIpc) is 2.85. The van der Waals surface area contributed by atoms with Crippen LogP contribution in [0.25, 0.3) is 10.9 Å². The number of benzene rings is 1. The fourth-order valence-electron chi connectivity index (χ4n) is 2.61. The van der Waals surface area contributed by atoms with E-state index in [1.807, 2.05) is 0 Å². The van der Waals surface area contributed by atoms with Crippen LogP contribution in [0, 0.1) is 0 Å². The van der Waals surface area contributed by atoms with Crippen molar-refractivity contribution in [3.05, 3.63) is 36.0 Å². The fourth-order valence-corrected chi connectivity index (χ4v) is 2.61. The maximum Gasteiger partial charge on any atom is 0.0456 e. The van der Waals surface area contributed by atoms with Crippen molar-refractivity contribution in [2.24, 2.45) is 0 Å². The maximum absolute atomic E-state index is 3.69. The SMILES string of the molecule is CCCCCN[C@@H](CC)Cc1c[nH]c2ccccc12. The highest BCUT2D eigenvalue weighted by Gasteiger charge is 2.10. The number of aromatic nitrogens is 1. The van der Waals surface area contributed by atoms with Gasteiger partial charge in [-0.05, 0) is 37.4 Å². The smallest absolute Gasteiger partial charge is 0.0456 e. The monoisotopic (exact) mass is 258 g/mol. The van der Waals surface area contributed by atoms with Crippen molar-refractivity contribution in [3.8, 4) is 0 Å². The Morgan fingerprint density at radius 3 is 2.79 bits per heavy atom. The molecule has 0 amide bonds. The number of fused-ring (bicyclic) bond motifs is 1. The van der Waals surface area contributed by atoms with E-state index >= 15 is 0 Å². The number of para-hydroxylation sites is 1. The number of rotatable bonds is 8. The van der Waals surface area contributed by atoms with Gasteiger partial charge in [-0.25, -0.2) is 0 Å². The summed E-state index contributed by atoms with van der Waals surface area (Å²) in [5.41, 5.74) is 2.68. The number of aromatic amines is 1. The third-order valence-electron chi connectivity index (χ3n) is 3.85. The van der Waals surface area contributed by atoms with Gasteiger partial charge in [-0.2, -0.15) is 0 Å². The molecule has 104 valence electrons. The standard InChI is InChI=1S/C17H26N2/c1-3-5-8-11-18-15(4-2)12-14-13-19-17-10-7-6-9-16(14)17/h6-7,9-10,13,15,18-19H,3-5,8,11-12H2,1-2H3/t15-/m0/s1. The lowest BCUT2D eigenvalue weighted by molar-refractivity contribution is 0.482. The molecule has 0 unspecified atom stereocenters. The van der Waals surface area contributed by atoms with Crippen molar-refractivity contribution < 1.29 is 0 Å². The molecule has 1 aromatic heterocycles. The summed E-state index contributed by atoms with van der Waals surface area (Å²) >= 11 is 0. The van der Waals surface area contributed by atoms with Crippen LogP contribution in [0.3, 0.4) is 0 Å². The topological polar surface area (TPSA) is 27.8 Å². The van der Waals surface area contributed by atoms with E-state index in [0.29, 0.717) is 6.04 Å². The van der Waals surface area contributed by atoms with Crippen LogP contribution in [0.15, 0.2) is 30.5 Å². The van der Waals surface area contributed by atoms with Gasteiger partial charge in [0.1, 0.15) is 0 Å². The summed E-state index contributed by atoms with van der Waals surface area (Å²) in [5, 5.41) is 5.06. The van der Waals surface area contributed by atoms with Gasteiger partial charge < -0.3 is 10.3 Å². The van der Waals surface area contributed by atoms with Crippen LogP contribution in [0.5, 0.6) is 0 Å². The number of H-pyrrole nitrogens is 1. The van der Waals surface area contributed by atoms with Crippen molar-refractivity contribution in [1.29, 1.82) is 0 Å². The highest BCUT2D eigenvalue weighted by Crippen LogP contribution is 2.19. The Kier molecular flexibility index (Phi) is 5.46. The molecule has 0 aliphatic rings. The first-order chi connectivity index (χ1) is 9.35. The Bertz CT molecular complexity index is 487. The molecule has 19 heavy (non-hydrogen) atoms. The average molecular weight is 258 g/mol. The summed E-state index contributed by atoms with van der Waals surface area (Å²) in [7, 11) is 0. The van der Waals surface area contributed by atoms with Crippen LogP contribution in [-0.2, 0) is 6.42 Å². The molecule has 0 saturated carbocycles. The highest BCUT2D eigenvalue weighted by molar-refractivity contribution is 5.83. The zero-order chi connectivity index (χ0) is 13.5. The van der Waals surface area contributed by atoms with Crippen LogP contribution in [-0.4, -0.2) is 17.6 Å². The van der Waals surface area contributed by atoms with Gasteiger partial charge in [-0.15, -0.1) is 0 Å². The Morgan fingerprint density at radius 1 is 1.16 bits per heavy atom. The van der Waals surface area contributed by atoms with E-state index in [-0.39, 0.29) is 0 Å². The second-order valence-electron chi connectivity index (χ2n) is 5.33. The lowest BCUT2D eigenvalue weighted by atomic mass is 10.0. The Morgan fingerprint density at radius 2 is 2.00 bits per heavy atom. The lowest BCUT2D eigenvalue weighted by Crippen LogP contribution is -2.31. The normalized spacial score (nSPS) is 12.9. The molecule has 1 atom stereocenters. The zero-order valence-corrected chi connectivity index (χ0v) is 12.2. The molecule has 0 aliphatic carbocycles. The molecule has 2 rings (SSSR count). The van der Waals surface area contributed by atoms with Gasteiger partial charge in [0.2, 0.25) is 0 Å². The highest BCUT2D eigenvalue weighted by atomic mass is 14.9. The van der Waals surface area contributed by atoms with E-state index in [1.165, 1.54) is 42.1 Å². The van der Waals surface area contributed by atoms with Crippen LogP contribution in [0.2, 0.25) is 0 Å². The van der Waals surface area contributed by atoms with E-state index in [2.05, 4.69) is 54.6 Å². The quantitative estimate of drug-likeness (QED) is 0.680. The Balaban J connectivity index is 1.94. The number of nitrogens with one attached hydrogen (secondary N) is 2. The van der Waals surface area contributed by atoms with Crippen molar-refractivity contribution in [2.45, 2.75) is 52.0 Å². The number of hydrogen-bond donors (Lipinski definition) is 2. The minimum Gasteiger partial charge on any atom is -0.361 e. The molecule has 0 aliphatic heterocycles. The Labute approximate surface area is 116 Å². The molecule has 1 aromatic carbocycles. The van der Waals surface area contributed by atoms with Gasteiger partial charge >= 0.3 is 0 Å². The summed E-state index contributed by atoms with van der Waals surface area (Å²) in [6.07, 6.45) is 8.39. The van der Waals surface area contributed by atoms with Gasteiger partial charge in [0, 0.05) is 23.1 Å². The second-order valence-corrected chi connectivity index (χ2v) is 5.33. The first kappa shape index (κ1) is 14.1. The van der Waals surface area contributed by atoms with Crippen LogP contribution in [0.1, 0.15) is 45.1 Å². The first-order valence-corrected chi connectivity index (χ1v) is 7.63. The van der Waals surface area contributed by atoms with E-state index in [0.717, 1.165) is 13.0 Å². The van der Waals surface area contributed by atoms with Crippen molar-refractivity contribution >= 4 is 10.9 Å². The van der Waals surface area contributed by atoms with Crippen molar-refractivity contribution in [2.75, 3.05) is 6.54 Å². The minimum atomic E-state index is 0.594. The van der Waals surface area contributed by atoms with Crippen LogP contribution >= 0.6 is 0 Å². The van der Waals surface area contributed by atoms with E-state index in [9.17, 15) is 0 Å². The van der Waals surface area contributed by atoms with Gasteiger partial charge in [0.25, 0.3) is 0 Å². The third kappa shape index (κ3) is 3.84. The molecule has 0 saturated heterocycles. The van der Waals surface area contributed by atoms with E-state index < -0.39 is 0 Å². The largest absolute Gasteiger partial charge is 0.361 e. The Hall–Kier alpha value is -1.28. The van der Waals surface area contributed by atoms with Gasteiger partial charge in [-0.1, -0.05) is 44.9 Å². The molecule has 2 N–H and O–H groups in total.